The van der Waals surface area contributed by atoms with E-state index < -0.39 is 0 Å². The van der Waals surface area contributed by atoms with Crippen LogP contribution < -0.4 is 16.4 Å². The van der Waals surface area contributed by atoms with Gasteiger partial charge in [0, 0.05) is 55.3 Å². The molecule has 4 unspecified atom stereocenters. The van der Waals surface area contributed by atoms with Gasteiger partial charge in [0.05, 0.1) is 12.3 Å². The Kier molecular flexibility index (Phi) is 8.44. The van der Waals surface area contributed by atoms with Crippen LogP contribution in [0, 0.1) is 0 Å². The van der Waals surface area contributed by atoms with Crippen LogP contribution in [0.4, 0.5) is 0 Å². The fourth-order valence-corrected chi connectivity index (χ4v) is 10.4. The molecule has 0 saturated carbocycles. The normalized spacial score (nSPS) is 17.2. The van der Waals surface area contributed by atoms with E-state index in [1.54, 1.807) is 0 Å². The number of allylic oxidation sites excluding steroid dienone is 3. The third-order valence-corrected chi connectivity index (χ3v) is 13.2. The molecule has 276 valence electrons. The van der Waals surface area contributed by atoms with Crippen LogP contribution in [-0.4, -0.2) is 5.25 Å². The predicted octanol–water partition coefficient (Wildman–Crippen LogP) is 12.4. The zero-order valence-electron chi connectivity index (χ0n) is 31.1. The summed E-state index contributed by atoms with van der Waals surface area (Å²) in [6, 6.07) is 55.2. The van der Waals surface area contributed by atoms with Gasteiger partial charge >= 0.3 is 0 Å². The summed E-state index contributed by atoms with van der Waals surface area (Å²) in [6.07, 6.45) is 6.42. The number of benzene rings is 7. The van der Waals surface area contributed by atoms with Crippen molar-refractivity contribution in [2.45, 2.75) is 34.9 Å². The molecule has 7 aromatic carbocycles. The topological polar surface area (TPSA) is 76.4 Å². The second-order valence-electron chi connectivity index (χ2n) is 15.0. The van der Waals surface area contributed by atoms with Crippen molar-refractivity contribution in [2.75, 3.05) is 0 Å². The van der Waals surface area contributed by atoms with Crippen molar-refractivity contribution in [3.8, 4) is 11.1 Å². The first kappa shape index (κ1) is 34.1. The first-order valence-electron chi connectivity index (χ1n) is 19.6. The lowest BCUT2D eigenvalue weighted by atomic mass is 9.84. The lowest BCUT2D eigenvalue weighted by Gasteiger charge is -2.25. The summed E-state index contributed by atoms with van der Waals surface area (Å²) >= 11 is 1.97. The van der Waals surface area contributed by atoms with Crippen molar-refractivity contribution in [1.29, 1.82) is 0 Å². The van der Waals surface area contributed by atoms with Gasteiger partial charge in [-0.15, -0.1) is 11.8 Å². The second-order valence-corrected chi connectivity index (χ2v) is 16.1. The molecule has 0 fully saturated rings. The van der Waals surface area contributed by atoms with Gasteiger partial charge in [0.15, 0.2) is 0 Å². The number of nitrogens with two attached hydrogens (primary N) is 1. The molecule has 2 aliphatic rings. The summed E-state index contributed by atoms with van der Waals surface area (Å²) in [7, 11) is 0. The Balaban J connectivity index is 0.915. The average Bonchev–Trinajstić information content (AvgIpc) is 3.97. The molecule has 6 heteroatoms. The molecule has 2 aromatic heterocycles. The van der Waals surface area contributed by atoms with E-state index in [2.05, 4.69) is 150 Å². The lowest BCUT2D eigenvalue weighted by molar-refractivity contribution is 0.385. The summed E-state index contributed by atoms with van der Waals surface area (Å²) in [5.74, 6) is 0.256. The SMILES string of the molecule is NC(NC(NCc1cccc2c1SC1C(c3cccc4c3oc3c(-c5ccc6oc7ccccc7c6c5)cccc34)=CC=CC21)c1ccccc1)c1ccccc1. The Morgan fingerprint density at radius 1 is 0.614 bits per heavy atom. The van der Waals surface area contributed by atoms with Crippen molar-refractivity contribution in [1.82, 2.24) is 10.6 Å². The largest absolute Gasteiger partial charge is 0.456 e. The van der Waals surface area contributed by atoms with Crippen LogP contribution in [0.5, 0.6) is 0 Å². The Bertz CT molecular complexity index is 3020. The van der Waals surface area contributed by atoms with Crippen LogP contribution in [0.15, 0.2) is 190 Å². The number of rotatable bonds is 9. The van der Waals surface area contributed by atoms with E-state index >= 15 is 0 Å². The summed E-state index contributed by atoms with van der Waals surface area (Å²) in [5, 5.41) is 12.2. The number of nitrogens with one attached hydrogen (secondary N) is 2. The minimum atomic E-state index is -0.321. The zero-order valence-corrected chi connectivity index (χ0v) is 31.9. The Hall–Kier alpha value is -6.15. The van der Waals surface area contributed by atoms with E-state index in [-0.39, 0.29) is 23.5 Å². The molecule has 4 N–H and O–H groups in total. The highest BCUT2D eigenvalue weighted by Crippen LogP contribution is 2.55. The number of para-hydroxylation sites is 3. The molecule has 3 heterocycles. The Labute approximate surface area is 334 Å². The summed E-state index contributed by atoms with van der Waals surface area (Å²) < 4.78 is 13.1. The van der Waals surface area contributed by atoms with Crippen LogP contribution >= 0.6 is 11.8 Å². The summed E-state index contributed by atoms with van der Waals surface area (Å²) in [5.41, 5.74) is 19.8. The van der Waals surface area contributed by atoms with E-state index in [9.17, 15) is 0 Å². The maximum atomic E-state index is 7.00. The maximum Gasteiger partial charge on any atom is 0.143 e. The minimum absolute atomic E-state index is 0.141. The number of furan rings is 2. The molecule has 0 saturated heterocycles. The zero-order chi connectivity index (χ0) is 37.9. The average molecular weight is 758 g/mol. The predicted molar refractivity (Wildman–Crippen MR) is 235 cm³/mol. The molecule has 1 aliphatic heterocycles. The molecule has 9 aromatic rings. The fraction of sp³-hybridized carbons (Fsp3) is 0.0980. The van der Waals surface area contributed by atoms with Gasteiger partial charge in [0.25, 0.3) is 0 Å². The lowest BCUT2D eigenvalue weighted by Crippen LogP contribution is -2.39. The molecule has 4 atom stereocenters. The van der Waals surface area contributed by atoms with Gasteiger partial charge in [-0.3, -0.25) is 10.6 Å². The van der Waals surface area contributed by atoms with Gasteiger partial charge in [0.1, 0.15) is 22.3 Å². The summed E-state index contributed by atoms with van der Waals surface area (Å²) in [6.45, 7) is 0.689. The maximum absolute atomic E-state index is 7.00. The first-order chi connectivity index (χ1) is 28.2. The number of hydrogen-bond acceptors (Lipinski definition) is 6. The van der Waals surface area contributed by atoms with Crippen molar-refractivity contribution < 1.29 is 8.83 Å². The molecule has 5 nitrogen and oxygen atoms in total. The van der Waals surface area contributed by atoms with E-state index in [0.29, 0.717) is 6.54 Å². The van der Waals surface area contributed by atoms with Gasteiger partial charge in [-0.05, 0) is 51.6 Å². The van der Waals surface area contributed by atoms with E-state index in [1.165, 1.54) is 21.6 Å². The van der Waals surface area contributed by atoms with Crippen LogP contribution in [0.1, 0.15) is 46.1 Å². The molecule has 0 bridgehead atoms. The van der Waals surface area contributed by atoms with Crippen LogP contribution in [0.3, 0.4) is 0 Å². The number of thioether (sulfide) groups is 1. The fourth-order valence-electron chi connectivity index (χ4n) is 8.83. The van der Waals surface area contributed by atoms with Crippen LogP contribution in [-0.2, 0) is 6.54 Å². The monoisotopic (exact) mass is 757 g/mol. The highest BCUT2D eigenvalue weighted by atomic mass is 32.2. The van der Waals surface area contributed by atoms with E-state index in [4.69, 9.17) is 14.6 Å². The van der Waals surface area contributed by atoms with Gasteiger partial charge in [-0.2, -0.15) is 0 Å². The van der Waals surface area contributed by atoms with Gasteiger partial charge < -0.3 is 14.6 Å². The van der Waals surface area contributed by atoms with Crippen molar-refractivity contribution in [2.24, 2.45) is 5.73 Å². The van der Waals surface area contributed by atoms with Crippen molar-refractivity contribution in [3.05, 3.63) is 204 Å². The quantitative estimate of drug-likeness (QED) is 0.127. The molecular formula is C51H39N3O2S. The highest BCUT2D eigenvalue weighted by molar-refractivity contribution is 8.00. The Morgan fingerprint density at radius 2 is 1.30 bits per heavy atom. The van der Waals surface area contributed by atoms with Gasteiger partial charge in [-0.25, -0.2) is 0 Å². The molecule has 11 rings (SSSR count). The van der Waals surface area contributed by atoms with E-state index in [1.807, 2.05) is 48.2 Å². The summed E-state index contributed by atoms with van der Waals surface area (Å²) in [4.78, 5) is 1.35. The molecule has 0 radical (unpaired) electrons. The second kappa shape index (κ2) is 14.1. The molecule has 1 aliphatic carbocycles. The molecular weight excluding hydrogens is 719 g/mol. The van der Waals surface area contributed by atoms with Crippen LogP contribution in [0.2, 0.25) is 0 Å². The Morgan fingerprint density at radius 3 is 2.12 bits per heavy atom. The van der Waals surface area contributed by atoms with Crippen molar-refractivity contribution in [3.63, 3.8) is 0 Å². The molecule has 0 amide bonds. The van der Waals surface area contributed by atoms with Crippen molar-refractivity contribution >= 4 is 61.2 Å². The third-order valence-electron chi connectivity index (χ3n) is 11.6. The standard InChI is InChI=1S/C51H39N3O2S/c52-50(31-13-3-1-4-14-31)54-51(32-15-5-2-6-16-32)53-30-34-17-9-23-41-42-25-12-24-40(49(42)57-48(34)41)39-22-11-21-38-37-20-10-19-35(46(37)56-47(38)39)33-27-28-45-43(29-33)36-18-7-8-26-44(36)55-45/h1-29,42,49-51,53-54H,30,52H2. The first-order valence-corrected chi connectivity index (χ1v) is 20.4. The van der Waals surface area contributed by atoms with Gasteiger partial charge in [-0.1, -0.05) is 158 Å². The van der Waals surface area contributed by atoms with Crippen LogP contribution in [0.25, 0.3) is 60.6 Å². The molecule has 57 heavy (non-hydrogen) atoms. The molecule has 0 spiro atoms. The minimum Gasteiger partial charge on any atom is -0.456 e. The number of hydrogen-bond donors (Lipinski definition) is 3. The van der Waals surface area contributed by atoms with E-state index in [0.717, 1.165) is 71.7 Å². The van der Waals surface area contributed by atoms with Gasteiger partial charge in [0.2, 0.25) is 0 Å². The smallest absolute Gasteiger partial charge is 0.143 e. The third kappa shape index (κ3) is 5.92. The highest BCUT2D eigenvalue weighted by Gasteiger charge is 2.38. The number of fused-ring (bicyclic) bond motifs is 9.